The van der Waals surface area contributed by atoms with E-state index in [-0.39, 0.29) is 12.5 Å². The van der Waals surface area contributed by atoms with Gasteiger partial charge in [-0.2, -0.15) is 5.26 Å². The van der Waals surface area contributed by atoms with E-state index < -0.39 is 6.09 Å². The SMILES string of the molecule is Cc1cc(NC(=O)OCC2c3ccccc3-c3ccccc32)ccc1C#N. The molecular weight excluding hydrogens is 336 g/mol. The fourth-order valence-corrected chi connectivity index (χ4v) is 3.62. The van der Waals surface area contributed by atoms with Crippen molar-refractivity contribution in [1.29, 1.82) is 5.26 Å². The smallest absolute Gasteiger partial charge is 0.411 e. The molecule has 4 rings (SSSR count). The van der Waals surface area contributed by atoms with E-state index >= 15 is 0 Å². The molecular formula is C23H18N2O2. The molecule has 0 saturated carbocycles. The molecule has 0 aromatic heterocycles. The molecule has 1 N–H and O–H groups in total. The largest absolute Gasteiger partial charge is 0.448 e. The number of nitrogens with zero attached hydrogens (tertiary/aromatic N) is 1. The lowest BCUT2D eigenvalue weighted by Gasteiger charge is -2.14. The Labute approximate surface area is 158 Å². The highest BCUT2D eigenvalue weighted by atomic mass is 16.5. The van der Waals surface area contributed by atoms with Crippen LogP contribution < -0.4 is 5.32 Å². The summed E-state index contributed by atoms with van der Waals surface area (Å²) in [5.41, 5.74) is 6.78. The summed E-state index contributed by atoms with van der Waals surface area (Å²) in [6.45, 7) is 2.11. The first-order valence-electron chi connectivity index (χ1n) is 8.80. The Bertz CT molecular complexity index is 1020. The van der Waals surface area contributed by atoms with E-state index in [4.69, 9.17) is 10.00 Å². The standard InChI is InChI=1S/C23H18N2O2/c1-15-12-17(11-10-16(15)13-24)25-23(26)27-14-22-20-8-4-2-6-18(20)19-7-3-5-9-21(19)22/h2-12,22H,14H2,1H3,(H,25,26). The zero-order valence-electron chi connectivity index (χ0n) is 14.9. The van der Waals surface area contributed by atoms with E-state index in [1.165, 1.54) is 22.3 Å². The Hall–Kier alpha value is -3.58. The van der Waals surface area contributed by atoms with Crippen molar-refractivity contribution in [2.45, 2.75) is 12.8 Å². The van der Waals surface area contributed by atoms with Gasteiger partial charge in [-0.3, -0.25) is 5.32 Å². The van der Waals surface area contributed by atoms with Crippen LogP contribution in [0.5, 0.6) is 0 Å². The van der Waals surface area contributed by atoms with Gasteiger partial charge in [0, 0.05) is 11.6 Å². The first kappa shape index (κ1) is 16.9. The van der Waals surface area contributed by atoms with E-state index in [1.807, 2.05) is 31.2 Å². The molecule has 0 saturated heterocycles. The first-order chi connectivity index (χ1) is 13.2. The summed E-state index contributed by atoms with van der Waals surface area (Å²) in [4.78, 5) is 12.3. The molecule has 1 aliphatic rings. The highest BCUT2D eigenvalue weighted by Gasteiger charge is 2.28. The maximum Gasteiger partial charge on any atom is 0.411 e. The minimum atomic E-state index is -0.499. The molecule has 0 spiro atoms. The second kappa shape index (κ2) is 6.97. The quantitative estimate of drug-likeness (QED) is 0.701. The lowest BCUT2D eigenvalue weighted by atomic mass is 9.98. The van der Waals surface area contributed by atoms with Crippen LogP contribution in [0.1, 0.15) is 28.2 Å². The lowest BCUT2D eigenvalue weighted by Crippen LogP contribution is -2.18. The Morgan fingerprint density at radius 2 is 1.67 bits per heavy atom. The van der Waals surface area contributed by atoms with Crippen molar-refractivity contribution in [3.05, 3.63) is 89.0 Å². The average molecular weight is 354 g/mol. The van der Waals surface area contributed by atoms with Crippen LogP contribution in [0.25, 0.3) is 11.1 Å². The van der Waals surface area contributed by atoms with Gasteiger partial charge in [-0.1, -0.05) is 48.5 Å². The van der Waals surface area contributed by atoms with Crippen LogP contribution in [0, 0.1) is 18.3 Å². The van der Waals surface area contributed by atoms with Crippen molar-refractivity contribution in [1.82, 2.24) is 0 Å². The average Bonchev–Trinajstić information content (AvgIpc) is 3.00. The number of carbonyl (C=O) groups excluding carboxylic acids is 1. The Balaban J connectivity index is 1.48. The van der Waals surface area contributed by atoms with Gasteiger partial charge in [0.1, 0.15) is 6.61 Å². The molecule has 0 atom stereocenters. The highest BCUT2D eigenvalue weighted by molar-refractivity contribution is 5.85. The van der Waals surface area contributed by atoms with E-state index in [0.29, 0.717) is 11.3 Å². The maximum absolute atomic E-state index is 12.3. The van der Waals surface area contributed by atoms with Crippen molar-refractivity contribution in [2.24, 2.45) is 0 Å². The molecule has 27 heavy (non-hydrogen) atoms. The number of hydrogen-bond acceptors (Lipinski definition) is 3. The van der Waals surface area contributed by atoms with Gasteiger partial charge < -0.3 is 4.74 Å². The molecule has 1 amide bonds. The van der Waals surface area contributed by atoms with Gasteiger partial charge in [0.2, 0.25) is 0 Å². The predicted octanol–water partition coefficient (Wildman–Crippen LogP) is 5.23. The first-order valence-corrected chi connectivity index (χ1v) is 8.80. The summed E-state index contributed by atoms with van der Waals surface area (Å²) < 4.78 is 5.52. The van der Waals surface area contributed by atoms with Gasteiger partial charge in [0.25, 0.3) is 0 Å². The Kier molecular flexibility index (Phi) is 4.35. The number of hydrogen-bond donors (Lipinski definition) is 1. The Morgan fingerprint density at radius 1 is 1.04 bits per heavy atom. The number of carbonyl (C=O) groups is 1. The van der Waals surface area contributed by atoms with Gasteiger partial charge in [0.15, 0.2) is 0 Å². The number of ether oxygens (including phenoxy) is 1. The maximum atomic E-state index is 12.3. The predicted molar refractivity (Wildman–Crippen MR) is 105 cm³/mol. The summed E-state index contributed by atoms with van der Waals surface area (Å²) in [6, 6.07) is 23.7. The normalized spacial score (nSPS) is 12.0. The highest BCUT2D eigenvalue weighted by Crippen LogP contribution is 2.44. The molecule has 1 aliphatic carbocycles. The topological polar surface area (TPSA) is 62.1 Å². The van der Waals surface area contributed by atoms with Gasteiger partial charge in [0.05, 0.1) is 11.6 Å². The van der Waals surface area contributed by atoms with Crippen LogP contribution in [0.15, 0.2) is 66.7 Å². The Morgan fingerprint density at radius 3 is 2.26 bits per heavy atom. The third-order valence-electron chi connectivity index (χ3n) is 4.94. The number of nitriles is 1. The third kappa shape index (κ3) is 3.16. The number of benzene rings is 3. The summed E-state index contributed by atoms with van der Waals surface area (Å²) in [6.07, 6.45) is -0.499. The van der Waals surface area contributed by atoms with Crippen LogP contribution in [0.4, 0.5) is 10.5 Å². The van der Waals surface area contributed by atoms with Gasteiger partial charge in [-0.05, 0) is 52.9 Å². The molecule has 0 bridgehead atoms. The number of anilines is 1. The molecule has 0 unspecified atom stereocenters. The van der Waals surface area contributed by atoms with Crippen LogP contribution in [0.2, 0.25) is 0 Å². The van der Waals surface area contributed by atoms with Gasteiger partial charge in [-0.15, -0.1) is 0 Å². The van der Waals surface area contributed by atoms with E-state index in [1.54, 1.807) is 18.2 Å². The van der Waals surface area contributed by atoms with Crippen molar-refractivity contribution in [3.8, 4) is 17.2 Å². The van der Waals surface area contributed by atoms with Crippen molar-refractivity contribution >= 4 is 11.8 Å². The summed E-state index contributed by atoms with van der Waals surface area (Å²) in [5, 5.41) is 11.7. The van der Waals surface area contributed by atoms with E-state index in [2.05, 4.69) is 35.7 Å². The molecule has 132 valence electrons. The number of amides is 1. The minimum absolute atomic E-state index is 0.0332. The third-order valence-corrected chi connectivity index (χ3v) is 4.94. The van der Waals surface area contributed by atoms with Crippen LogP contribution in [0.3, 0.4) is 0 Å². The number of nitrogens with one attached hydrogen (secondary N) is 1. The van der Waals surface area contributed by atoms with Crippen LogP contribution in [-0.2, 0) is 4.74 Å². The fourth-order valence-electron chi connectivity index (χ4n) is 3.62. The minimum Gasteiger partial charge on any atom is -0.448 e. The molecule has 0 radical (unpaired) electrons. The number of aryl methyl sites for hydroxylation is 1. The van der Waals surface area contributed by atoms with Crippen LogP contribution in [-0.4, -0.2) is 12.7 Å². The van der Waals surface area contributed by atoms with Gasteiger partial charge in [-0.25, -0.2) is 4.79 Å². The second-order valence-corrected chi connectivity index (χ2v) is 6.59. The van der Waals surface area contributed by atoms with Crippen molar-refractivity contribution < 1.29 is 9.53 Å². The van der Waals surface area contributed by atoms with Crippen molar-refractivity contribution in [2.75, 3.05) is 11.9 Å². The number of fused-ring (bicyclic) bond motifs is 3. The summed E-state index contributed by atoms with van der Waals surface area (Å²) >= 11 is 0. The molecule has 3 aromatic rings. The summed E-state index contributed by atoms with van der Waals surface area (Å²) in [7, 11) is 0. The molecule has 0 heterocycles. The lowest BCUT2D eigenvalue weighted by molar-refractivity contribution is 0.158. The second-order valence-electron chi connectivity index (χ2n) is 6.59. The van der Waals surface area contributed by atoms with Crippen LogP contribution >= 0.6 is 0 Å². The monoisotopic (exact) mass is 354 g/mol. The number of rotatable bonds is 3. The molecule has 0 fully saturated rings. The summed E-state index contributed by atoms with van der Waals surface area (Å²) in [5.74, 6) is 0.0332. The zero-order valence-corrected chi connectivity index (χ0v) is 14.9. The molecule has 3 aromatic carbocycles. The molecule has 4 heteroatoms. The van der Waals surface area contributed by atoms with Gasteiger partial charge >= 0.3 is 6.09 Å². The molecule has 0 aliphatic heterocycles. The van der Waals surface area contributed by atoms with E-state index in [0.717, 1.165) is 5.56 Å². The van der Waals surface area contributed by atoms with Crippen molar-refractivity contribution in [3.63, 3.8) is 0 Å². The molecule has 4 nitrogen and oxygen atoms in total. The fraction of sp³-hybridized carbons (Fsp3) is 0.130. The van der Waals surface area contributed by atoms with E-state index in [9.17, 15) is 4.79 Å². The zero-order chi connectivity index (χ0) is 18.8.